The molecular weight excluding hydrogens is 260 g/mol. The number of benzene rings is 1. The number of hydrogen-bond donors (Lipinski definition) is 1. The minimum Gasteiger partial charge on any atom is -0.384 e. The number of nitrogens with one attached hydrogen (secondary N) is 1. The maximum Gasteiger partial charge on any atom is 0.228 e. The van der Waals surface area contributed by atoms with Crippen LogP contribution in [0.4, 0.5) is 5.13 Å². The van der Waals surface area contributed by atoms with Gasteiger partial charge in [-0.1, -0.05) is 29.0 Å². The van der Waals surface area contributed by atoms with E-state index in [4.69, 9.17) is 16.3 Å². The molecule has 6 heteroatoms. The Morgan fingerprint density at radius 3 is 3.12 bits per heavy atom. The Morgan fingerprint density at radius 1 is 1.59 bits per heavy atom. The van der Waals surface area contributed by atoms with Crippen molar-refractivity contribution in [3.63, 3.8) is 0 Å². The standard InChI is InChI=1S/C11H11ClN2O2S/c1-16-6-5-9(15)13-11-14-10-7(12)3-2-4-8(10)17-11/h2-4H,5-6H2,1H3,(H,13,14,15). The zero-order chi connectivity index (χ0) is 12.3. The molecule has 1 aromatic heterocycles. The zero-order valence-electron chi connectivity index (χ0n) is 9.20. The number of halogens is 1. The summed E-state index contributed by atoms with van der Waals surface area (Å²) in [5, 5.41) is 3.88. The largest absolute Gasteiger partial charge is 0.384 e. The maximum absolute atomic E-state index is 11.5. The third kappa shape index (κ3) is 2.94. The second-order valence-corrected chi connectivity index (χ2v) is 4.83. The van der Waals surface area contributed by atoms with Crippen LogP contribution in [0.2, 0.25) is 5.02 Å². The predicted octanol–water partition coefficient (Wildman–Crippen LogP) is 2.92. The summed E-state index contributed by atoms with van der Waals surface area (Å²) in [5.41, 5.74) is 0.723. The van der Waals surface area contributed by atoms with Gasteiger partial charge in [-0.2, -0.15) is 0 Å². The van der Waals surface area contributed by atoms with E-state index in [1.807, 2.05) is 12.1 Å². The highest BCUT2D eigenvalue weighted by molar-refractivity contribution is 7.22. The van der Waals surface area contributed by atoms with Gasteiger partial charge in [0.2, 0.25) is 5.91 Å². The first-order chi connectivity index (χ1) is 8.20. The third-order valence-corrected chi connectivity index (χ3v) is 3.39. The van der Waals surface area contributed by atoms with Crippen molar-refractivity contribution in [1.82, 2.24) is 4.98 Å². The van der Waals surface area contributed by atoms with Crippen LogP contribution in [0, 0.1) is 0 Å². The van der Waals surface area contributed by atoms with Crippen molar-refractivity contribution in [3.05, 3.63) is 23.2 Å². The number of anilines is 1. The first kappa shape index (κ1) is 12.3. The number of ether oxygens (including phenoxy) is 1. The SMILES string of the molecule is COCCC(=O)Nc1nc2c(Cl)cccc2s1. The van der Waals surface area contributed by atoms with Crippen LogP contribution in [0.15, 0.2) is 18.2 Å². The highest BCUT2D eigenvalue weighted by Gasteiger charge is 2.09. The molecule has 4 nitrogen and oxygen atoms in total. The fourth-order valence-electron chi connectivity index (χ4n) is 1.34. The van der Waals surface area contributed by atoms with E-state index in [1.165, 1.54) is 11.3 Å². The van der Waals surface area contributed by atoms with Gasteiger partial charge >= 0.3 is 0 Å². The van der Waals surface area contributed by atoms with Crippen LogP contribution in [0.3, 0.4) is 0 Å². The lowest BCUT2D eigenvalue weighted by molar-refractivity contribution is -0.117. The van der Waals surface area contributed by atoms with Crippen LogP contribution in [-0.2, 0) is 9.53 Å². The number of aromatic nitrogens is 1. The molecule has 0 saturated carbocycles. The minimum atomic E-state index is -0.109. The number of carbonyl (C=O) groups is 1. The lowest BCUT2D eigenvalue weighted by atomic mass is 10.3. The van der Waals surface area contributed by atoms with Crippen molar-refractivity contribution >= 4 is 44.2 Å². The summed E-state index contributed by atoms with van der Waals surface area (Å²) in [4.78, 5) is 15.7. The van der Waals surface area contributed by atoms with Crippen molar-refractivity contribution < 1.29 is 9.53 Å². The maximum atomic E-state index is 11.5. The third-order valence-electron chi connectivity index (χ3n) is 2.15. The van der Waals surface area contributed by atoms with Gasteiger partial charge in [0.05, 0.1) is 22.8 Å². The Hall–Kier alpha value is -1.17. The first-order valence-corrected chi connectivity index (χ1v) is 6.24. The van der Waals surface area contributed by atoms with E-state index in [-0.39, 0.29) is 5.91 Å². The molecule has 0 aliphatic rings. The number of amides is 1. The van der Waals surface area contributed by atoms with E-state index in [0.29, 0.717) is 23.2 Å². The van der Waals surface area contributed by atoms with Gasteiger partial charge in [-0.3, -0.25) is 4.79 Å². The summed E-state index contributed by atoms with van der Waals surface area (Å²) in [5.74, 6) is -0.109. The highest BCUT2D eigenvalue weighted by atomic mass is 35.5. The second kappa shape index (κ2) is 5.44. The van der Waals surface area contributed by atoms with Gasteiger partial charge in [0.1, 0.15) is 5.52 Å². The van der Waals surface area contributed by atoms with Gasteiger partial charge in [0.15, 0.2) is 5.13 Å². The summed E-state index contributed by atoms with van der Waals surface area (Å²) in [6, 6.07) is 5.56. The molecule has 1 N–H and O–H groups in total. The minimum absolute atomic E-state index is 0.109. The molecule has 0 bridgehead atoms. The van der Waals surface area contributed by atoms with Gasteiger partial charge < -0.3 is 10.1 Å². The highest BCUT2D eigenvalue weighted by Crippen LogP contribution is 2.30. The molecule has 90 valence electrons. The summed E-state index contributed by atoms with van der Waals surface area (Å²) in [6.07, 6.45) is 0.320. The van der Waals surface area contributed by atoms with Crippen LogP contribution in [0.25, 0.3) is 10.2 Å². The van der Waals surface area contributed by atoms with E-state index < -0.39 is 0 Å². The van der Waals surface area contributed by atoms with Crippen molar-refractivity contribution in [3.8, 4) is 0 Å². The first-order valence-electron chi connectivity index (χ1n) is 5.04. The van der Waals surface area contributed by atoms with Crippen molar-refractivity contribution in [1.29, 1.82) is 0 Å². The second-order valence-electron chi connectivity index (χ2n) is 3.40. The summed E-state index contributed by atoms with van der Waals surface area (Å²) >= 11 is 7.41. The molecule has 1 heterocycles. The van der Waals surface area contributed by atoms with Gasteiger partial charge in [0.25, 0.3) is 0 Å². The average molecular weight is 271 g/mol. The molecule has 0 fully saturated rings. The summed E-state index contributed by atoms with van der Waals surface area (Å²) in [7, 11) is 1.56. The Morgan fingerprint density at radius 2 is 2.41 bits per heavy atom. The Balaban J connectivity index is 2.14. The molecular formula is C11H11ClN2O2S. The van der Waals surface area contributed by atoms with E-state index in [1.54, 1.807) is 13.2 Å². The van der Waals surface area contributed by atoms with E-state index >= 15 is 0 Å². The lowest BCUT2D eigenvalue weighted by Gasteiger charge is -1.99. The molecule has 0 saturated heterocycles. The summed E-state index contributed by atoms with van der Waals surface area (Å²) < 4.78 is 5.79. The van der Waals surface area contributed by atoms with Crippen LogP contribution < -0.4 is 5.32 Å². The van der Waals surface area contributed by atoms with Gasteiger partial charge in [-0.25, -0.2) is 4.98 Å². The zero-order valence-corrected chi connectivity index (χ0v) is 10.8. The number of para-hydroxylation sites is 1. The van der Waals surface area contributed by atoms with Crippen molar-refractivity contribution in [2.24, 2.45) is 0 Å². The normalized spacial score (nSPS) is 10.7. The molecule has 0 aliphatic carbocycles. The monoisotopic (exact) mass is 270 g/mol. The molecule has 0 atom stereocenters. The Kier molecular flexibility index (Phi) is 3.93. The molecule has 2 aromatic rings. The molecule has 2 rings (SSSR count). The lowest BCUT2D eigenvalue weighted by Crippen LogP contribution is -2.13. The van der Waals surface area contributed by atoms with Crippen LogP contribution in [0.5, 0.6) is 0 Å². The molecule has 1 aromatic carbocycles. The predicted molar refractivity (Wildman–Crippen MR) is 69.8 cm³/mol. The average Bonchev–Trinajstić information content (AvgIpc) is 2.70. The summed E-state index contributed by atoms with van der Waals surface area (Å²) in [6.45, 7) is 0.400. The van der Waals surface area contributed by atoms with E-state index in [2.05, 4.69) is 10.3 Å². The quantitative estimate of drug-likeness (QED) is 0.929. The number of rotatable bonds is 4. The molecule has 0 unspecified atom stereocenters. The fourth-order valence-corrected chi connectivity index (χ4v) is 2.53. The van der Waals surface area contributed by atoms with Gasteiger partial charge in [-0.05, 0) is 12.1 Å². The fraction of sp³-hybridized carbons (Fsp3) is 0.273. The van der Waals surface area contributed by atoms with Crippen molar-refractivity contribution in [2.75, 3.05) is 19.0 Å². The molecule has 0 aliphatic heterocycles. The van der Waals surface area contributed by atoms with Gasteiger partial charge in [-0.15, -0.1) is 0 Å². The van der Waals surface area contributed by atoms with E-state index in [9.17, 15) is 4.79 Å². The topological polar surface area (TPSA) is 51.2 Å². The Labute approximate surface area is 108 Å². The number of nitrogens with zero attached hydrogens (tertiary/aromatic N) is 1. The van der Waals surface area contributed by atoms with Crippen LogP contribution >= 0.6 is 22.9 Å². The molecule has 0 spiro atoms. The molecule has 1 amide bonds. The number of hydrogen-bond acceptors (Lipinski definition) is 4. The van der Waals surface area contributed by atoms with Gasteiger partial charge in [0, 0.05) is 7.11 Å². The molecule has 0 radical (unpaired) electrons. The molecule has 17 heavy (non-hydrogen) atoms. The number of carbonyl (C=O) groups excluding carboxylic acids is 1. The Bertz CT molecular complexity index is 541. The van der Waals surface area contributed by atoms with Crippen molar-refractivity contribution in [2.45, 2.75) is 6.42 Å². The number of methoxy groups -OCH3 is 1. The number of thiazole rings is 1. The van der Waals surface area contributed by atoms with Crippen LogP contribution in [0.1, 0.15) is 6.42 Å². The smallest absolute Gasteiger partial charge is 0.228 e. The van der Waals surface area contributed by atoms with Crippen LogP contribution in [-0.4, -0.2) is 24.6 Å². The van der Waals surface area contributed by atoms with E-state index in [0.717, 1.165) is 10.2 Å². The number of fused-ring (bicyclic) bond motifs is 1.